The second-order valence-electron chi connectivity index (χ2n) is 6.08. The minimum absolute atomic E-state index is 0.206. The van der Waals surface area contributed by atoms with Gasteiger partial charge in [0, 0.05) is 6.42 Å². The zero-order chi connectivity index (χ0) is 16.0. The van der Waals surface area contributed by atoms with Crippen molar-refractivity contribution in [3.63, 3.8) is 0 Å². The first-order valence-electron chi connectivity index (χ1n) is 7.37. The fourth-order valence-corrected chi connectivity index (χ4v) is 2.43. The number of carboxylic acid groups (broad SMARTS) is 1. The lowest BCUT2D eigenvalue weighted by molar-refractivity contribution is -0.142. The molecule has 0 saturated carbocycles. The van der Waals surface area contributed by atoms with Crippen LogP contribution in [-0.4, -0.2) is 23.0 Å². The maximum Gasteiger partial charge on any atom is 0.326 e. The molecule has 1 amide bonds. The quantitative estimate of drug-likeness (QED) is 0.811. The summed E-state index contributed by atoms with van der Waals surface area (Å²) in [7, 11) is 0. The molecule has 4 nitrogen and oxygen atoms in total. The number of hydrogen-bond donors (Lipinski definition) is 2. The molecule has 21 heavy (non-hydrogen) atoms. The summed E-state index contributed by atoms with van der Waals surface area (Å²) in [6.07, 6.45) is 1.39. The molecule has 0 aliphatic carbocycles. The van der Waals surface area contributed by atoms with E-state index in [0.29, 0.717) is 19.3 Å². The number of benzene rings is 1. The first kappa shape index (κ1) is 17.2. The largest absolute Gasteiger partial charge is 0.480 e. The number of rotatable bonds is 7. The Kier molecular flexibility index (Phi) is 6.40. The van der Waals surface area contributed by atoms with Crippen LogP contribution in [0.1, 0.15) is 43.4 Å². The van der Waals surface area contributed by atoms with Crippen LogP contribution < -0.4 is 5.32 Å². The molecule has 0 fully saturated rings. The Labute approximate surface area is 126 Å². The third-order valence-electron chi connectivity index (χ3n) is 3.26. The molecule has 0 radical (unpaired) electrons. The molecule has 0 spiro atoms. The van der Waals surface area contributed by atoms with Crippen molar-refractivity contribution < 1.29 is 14.7 Å². The van der Waals surface area contributed by atoms with E-state index in [-0.39, 0.29) is 11.8 Å². The monoisotopic (exact) mass is 291 g/mol. The third kappa shape index (κ3) is 6.43. The predicted molar refractivity (Wildman–Crippen MR) is 83.3 cm³/mol. The van der Waals surface area contributed by atoms with Crippen LogP contribution in [-0.2, 0) is 16.0 Å². The summed E-state index contributed by atoms with van der Waals surface area (Å²) < 4.78 is 0. The molecule has 0 bridgehead atoms. The van der Waals surface area contributed by atoms with Crippen molar-refractivity contribution in [2.24, 2.45) is 5.92 Å². The second kappa shape index (κ2) is 7.81. The van der Waals surface area contributed by atoms with Gasteiger partial charge >= 0.3 is 5.97 Å². The first-order valence-corrected chi connectivity index (χ1v) is 7.37. The van der Waals surface area contributed by atoms with Gasteiger partial charge in [-0.05, 0) is 38.2 Å². The molecule has 0 saturated heterocycles. The number of hydrogen-bond acceptors (Lipinski definition) is 2. The summed E-state index contributed by atoms with van der Waals surface area (Å²) in [6.45, 7) is 7.94. The summed E-state index contributed by atoms with van der Waals surface area (Å²) >= 11 is 0. The maximum absolute atomic E-state index is 11.9. The molecule has 2 N–H and O–H groups in total. The highest BCUT2D eigenvalue weighted by Crippen LogP contribution is 2.11. The van der Waals surface area contributed by atoms with Crippen LogP contribution in [0, 0.1) is 19.8 Å². The summed E-state index contributed by atoms with van der Waals surface area (Å²) in [5.41, 5.74) is 3.46. The Morgan fingerprint density at radius 3 is 2.19 bits per heavy atom. The first-order chi connectivity index (χ1) is 9.77. The number of nitrogens with one attached hydrogen (secondary N) is 1. The van der Waals surface area contributed by atoms with E-state index in [9.17, 15) is 9.59 Å². The van der Waals surface area contributed by atoms with E-state index in [1.165, 1.54) is 11.1 Å². The zero-order valence-electron chi connectivity index (χ0n) is 13.3. The van der Waals surface area contributed by atoms with Crippen molar-refractivity contribution in [2.45, 2.75) is 53.0 Å². The summed E-state index contributed by atoms with van der Waals surface area (Å²) in [5, 5.41) is 11.7. The van der Waals surface area contributed by atoms with Gasteiger partial charge in [-0.15, -0.1) is 0 Å². The number of amides is 1. The van der Waals surface area contributed by atoms with Crippen molar-refractivity contribution in [3.8, 4) is 0 Å². The molecule has 0 aliphatic heterocycles. The lowest BCUT2D eigenvalue weighted by Gasteiger charge is -2.16. The van der Waals surface area contributed by atoms with Crippen molar-refractivity contribution in [1.29, 1.82) is 0 Å². The lowest BCUT2D eigenvalue weighted by atomic mass is 10.0. The van der Waals surface area contributed by atoms with Crippen molar-refractivity contribution in [3.05, 3.63) is 34.9 Å². The molecule has 0 heterocycles. The van der Waals surface area contributed by atoms with Crippen molar-refractivity contribution >= 4 is 11.9 Å². The number of aliphatic carboxylic acids is 1. The summed E-state index contributed by atoms with van der Waals surface area (Å²) in [5.74, 6) is -0.948. The highest BCUT2D eigenvalue weighted by Gasteiger charge is 2.20. The molecule has 0 aromatic heterocycles. The third-order valence-corrected chi connectivity index (χ3v) is 3.26. The highest BCUT2D eigenvalue weighted by molar-refractivity contribution is 5.83. The van der Waals surface area contributed by atoms with E-state index in [1.54, 1.807) is 0 Å². The topological polar surface area (TPSA) is 66.4 Å². The van der Waals surface area contributed by atoms with E-state index < -0.39 is 12.0 Å². The second-order valence-corrected chi connectivity index (χ2v) is 6.08. The molecule has 0 aliphatic rings. The van der Waals surface area contributed by atoms with Gasteiger partial charge in [0.2, 0.25) is 5.91 Å². The van der Waals surface area contributed by atoms with Crippen LogP contribution >= 0.6 is 0 Å². The maximum atomic E-state index is 11.9. The zero-order valence-corrected chi connectivity index (χ0v) is 13.3. The van der Waals surface area contributed by atoms with Gasteiger partial charge in [-0.2, -0.15) is 0 Å². The smallest absolute Gasteiger partial charge is 0.326 e. The number of carbonyl (C=O) groups excluding carboxylic acids is 1. The van der Waals surface area contributed by atoms with Crippen LogP contribution in [0.15, 0.2) is 18.2 Å². The minimum atomic E-state index is -0.969. The molecular formula is C17H25NO3. The summed E-state index contributed by atoms with van der Waals surface area (Å²) in [4.78, 5) is 23.0. The fraction of sp³-hybridized carbons (Fsp3) is 0.529. The Balaban J connectivity index is 2.54. The van der Waals surface area contributed by atoms with Crippen molar-refractivity contribution in [1.82, 2.24) is 5.32 Å². The van der Waals surface area contributed by atoms with Gasteiger partial charge in [0.25, 0.3) is 0 Å². The number of carbonyl (C=O) groups is 2. The lowest BCUT2D eigenvalue weighted by Crippen LogP contribution is -2.41. The molecular weight excluding hydrogens is 266 g/mol. The van der Waals surface area contributed by atoms with Crippen LogP contribution in [0.2, 0.25) is 0 Å². The van der Waals surface area contributed by atoms with Gasteiger partial charge in [0.1, 0.15) is 6.04 Å². The van der Waals surface area contributed by atoms with Crippen LogP contribution in [0.5, 0.6) is 0 Å². The van der Waals surface area contributed by atoms with Gasteiger partial charge < -0.3 is 10.4 Å². The fourth-order valence-electron chi connectivity index (χ4n) is 2.43. The average molecular weight is 291 g/mol. The predicted octanol–water partition coefficient (Wildman–Crippen LogP) is 2.85. The van der Waals surface area contributed by atoms with E-state index in [2.05, 4.69) is 23.5 Å². The van der Waals surface area contributed by atoms with Crippen LogP contribution in [0.25, 0.3) is 0 Å². The van der Waals surface area contributed by atoms with Gasteiger partial charge in [-0.3, -0.25) is 4.79 Å². The molecule has 1 aromatic carbocycles. The van der Waals surface area contributed by atoms with Gasteiger partial charge in [-0.25, -0.2) is 4.79 Å². The van der Waals surface area contributed by atoms with Gasteiger partial charge in [0.15, 0.2) is 0 Å². The normalized spacial score (nSPS) is 12.2. The molecule has 1 aromatic rings. The SMILES string of the molecule is Cc1cc(C)cc(CCC(=O)N[C@@H](CC(C)C)C(=O)O)c1. The molecule has 116 valence electrons. The van der Waals surface area contributed by atoms with Crippen molar-refractivity contribution in [2.75, 3.05) is 0 Å². The Morgan fingerprint density at radius 1 is 1.14 bits per heavy atom. The summed E-state index contributed by atoms with van der Waals surface area (Å²) in [6, 6.07) is 5.41. The van der Waals surface area contributed by atoms with Gasteiger partial charge in [-0.1, -0.05) is 43.2 Å². The Bertz CT molecular complexity index is 489. The molecule has 4 heteroatoms. The highest BCUT2D eigenvalue weighted by atomic mass is 16.4. The van der Waals surface area contributed by atoms with E-state index in [0.717, 1.165) is 5.56 Å². The Morgan fingerprint density at radius 2 is 1.71 bits per heavy atom. The molecule has 1 atom stereocenters. The Hall–Kier alpha value is -1.84. The standard InChI is InChI=1S/C17H25NO3/c1-11(2)7-15(17(20)21)18-16(19)6-5-14-9-12(3)8-13(4)10-14/h8-11,15H,5-7H2,1-4H3,(H,18,19)(H,20,21)/t15-/m0/s1. The molecule has 0 unspecified atom stereocenters. The average Bonchev–Trinajstić information content (AvgIpc) is 2.33. The number of aryl methyl sites for hydroxylation is 3. The number of carboxylic acids is 1. The minimum Gasteiger partial charge on any atom is -0.480 e. The van der Waals surface area contributed by atoms with E-state index in [4.69, 9.17) is 5.11 Å². The van der Waals surface area contributed by atoms with Gasteiger partial charge in [0.05, 0.1) is 0 Å². The van der Waals surface area contributed by atoms with Crippen LogP contribution in [0.3, 0.4) is 0 Å². The van der Waals surface area contributed by atoms with E-state index in [1.807, 2.05) is 27.7 Å². The van der Waals surface area contributed by atoms with Crippen LogP contribution in [0.4, 0.5) is 0 Å². The molecule has 1 rings (SSSR count). The van der Waals surface area contributed by atoms with E-state index >= 15 is 0 Å².